The van der Waals surface area contributed by atoms with E-state index in [4.69, 9.17) is 9.47 Å². The van der Waals surface area contributed by atoms with Crippen LogP contribution in [-0.4, -0.2) is 25.4 Å². The fourth-order valence-electron chi connectivity index (χ4n) is 2.91. The van der Waals surface area contributed by atoms with Gasteiger partial charge < -0.3 is 14.8 Å². The van der Waals surface area contributed by atoms with Gasteiger partial charge in [-0.25, -0.2) is 0 Å². The molecular formula is C23H29NO4. The number of methoxy groups -OCH3 is 1. The van der Waals surface area contributed by atoms with Gasteiger partial charge in [-0.15, -0.1) is 0 Å². The third kappa shape index (κ3) is 6.12. The van der Waals surface area contributed by atoms with Crippen molar-refractivity contribution in [3.8, 4) is 11.5 Å². The molecule has 0 bridgehead atoms. The molecule has 0 saturated heterocycles. The quantitative estimate of drug-likeness (QED) is 0.480. The molecule has 2 rings (SSSR count). The van der Waals surface area contributed by atoms with E-state index in [1.165, 1.54) is 19.6 Å². The van der Waals surface area contributed by atoms with Gasteiger partial charge in [-0.1, -0.05) is 36.8 Å². The lowest BCUT2D eigenvalue weighted by Gasteiger charge is -2.18. The number of aryl methyl sites for hydroxylation is 1. The zero-order valence-electron chi connectivity index (χ0n) is 17.1. The SMILES string of the molecule is CCC(NC(=O)CCCOc1ccc(C(C)=O)cc1OC)c1ccc(C)cc1. The van der Waals surface area contributed by atoms with Crippen molar-refractivity contribution >= 4 is 11.7 Å². The van der Waals surface area contributed by atoms with Gasteiger partial charge >= 0.3 is 0 Å². The van der Waals surface area contributed by atoms with Crippen LogP contribution >= 0.6 is 0 Å². The van der Waals surface area contributed by atoms with E-state index in [0.29, 0.717) is 36.5 Å². The van der Waals surface area contributed by atoms with E-state index >= 15 is 0 Å². The second-order valence-corrected chi connectivity index (χ2v) is 6.81. The molecule has 5 heteroatoms. The van der Waals surface area contributed by atoms with E-state index in [1.54, 1.807) is 18.2 Å². The van der Waals surface area contributed by atoms with Crippen molar-refractivity contribution in [3.63, 3.8) is 0 Å². The van der Waals surface area contributed by atoms with Crippen molar-refractivity contribution in [2.75, 3.05) is 13.7 Å². The molecular weight excluding hydrogens is 354 g/mol. The van der Waals surface area contributed by atoms with Crippen LogP contribution in [-0.2, 0) is 4.79 Å². The number of hydrogen-bond donors (Lipinski definition) is 1. The molecule has 150 valence electrons. The second-order valence-electron chi connectivity index (χ2n) is 6.81. The van der Waals surface area contributed by atoms with E-state index in [9.17, 15) is 9.59 Å². The topological polar surface area (TPSA) is 64.6 Å². The first kappa shape index (κ1) is 21.5. The standard InChI is InChI=1S/C23H29NO4/c1-5-20(18-10-8-16(2)9-11-18)24-23(26)7-6-14-28-21-13-12-19(17(3)25)15-22(21)27-4/h8-13,15,20H,5-7,14H2,1-4H3,(H,24,26). The minimum atomic E-state index is -0.0272. The van der Waals surface area contributed by atoms with Crippen molar-refractivity contribution < 1.29 is 19.1 Å². The molecule has 0 heterocycles. The Labute approximate surface area is 167 Å². The predicted octanol–water partition coefficient (Wildman–Crippen LogP) is 4.63. The van der Waals surface area contributed by atoms with Gasteiger partial charge in [0.1, 0.15) is 0 Å². The van der Waals surface area contributed by atoms with E-state index in [1.807, 2.05) is 6.92 Å². The lowest BCUT2D eigenvalue weighted by atomic mass is 10.0. The summed E-state index contributed by atoms with van der Waals surface area (Å²) in [5.41, 5.74) is 2.90. The van der Waals surface area contributed by atoms with Crippen LogP contribution in [0.3, 0.4) is 0 Å². The number of ketones is 1. The maximum absolute atomic E-state index is 12.3. The maximum Gasteiger partial charge on any atom is 0.220 e. The molecule has 0 fully saturated rings. The van der Waals surface area contributed by atoms with Gasteiger partial charge in [-0.3, -0.25) is 9.59 Å². The van der Waals surface area contributed by atoms with Crippen molar-refractivity contribution in [1.29, 1.82) is 0 Å². The molecule has 1 N–H and O–H groups in total. The van der Waals surface area contributed by atoms with Crippen LogP contribution in [0.25, 0.3) is 0 Å². The summed E-state index contributed by atoms with van der Waals surface area (Å²) in [7, 11) is 1.54. The normalized spacial score (nSPS) is 11.6. The van der Waals surface area contributed by atoms with Gasteiger partial charge in [0.15, 0.2) is 17.3 Å². The number of nitrogens with one attached hydrogen (secondary N) is 1. The number of Topliss-reactive ketones (excluding diaryl/α,β-unsaturated/α-hetero) is 1. The zero-order chi connectivity index (χ0) is 20.5. The number of amides is 1. The fourth-order valence-corrected chi connectivity index (χ4v) is 2.91. The summed E-state index contributed by atoms with van der Waals surface area (Å²) < 4.78 is 11.0. The van der Waals surface area contributed by atoms with Gasteiger partial charge in [0.05, 0.1) is 19.8 Å². The highest BCUT2D eigenvalue weighted by atomic mass is 16.5. The maximum atomic E-state index is 12.3. The predicted molar refractivity (Wildman–Crippen MR) is 110 cm³/mol. The van der Waals surface area contributed by atoms with Crippen molar-refractivity contribution in [3.05, 3.63) is 59.2 Å². The highest BCUT2D eigenvalue weighted by Gasteiger charge is 2.13. The summed E-state index contributed by atoms with van der Waals surface area (Å²) in [5, 5.41) is 3.09. The van der Waals surface area contributed by atoms with Crippen LogP contribution in [0.4, 0.5) is 0 Å². The summed E-state index contributed by atoms with van der Waals surface area (Å²) in [6.07, 6.45) is 1.81. The average molecular weight is 383 g/mol. The van der Waals surface area contributed by atoms with Crippen LogP contribution in [0.5, 0.6) is 11.5 Å². The molecule has 5 nitrogen and oxygen atoms in total. The number of benzene rings is 2. The van der Waals surface area contributed by atoms with Crippen LogP contribution in [0.15, 0.2) is 42.5 Å². The third-order valence-corrected chi connectivity index (χ3v) is 4.60. The first-order chi connectivity index (χ1) is 13.4. The molecule has 1 atom stereocenters. The Bertz CT molecular complexity index is 799. The Morgan fingerprint density at radius 1 is 1.07 bits per heavy atom. The molecule has 0 saturated carbocycles. The first-order valence-electron chi connectivity index (χ1n) is 9.62. The van der Waals surface area contributed by atoms with Crippen molar-refractivity contribution in [1.82, 2.24) is 5.32 Å². The van der Waals surface area contributed by atoms with Crippen molar-refractivity contribution in [2.24, 2.45) is 0 Å². The minimum Gasteiger partial charge on any atom is -0.493 e. The van der Waals surface area contributed by atoms with Gasteiger partial charge in [-0.2, -0.15) is 0 Å². The highest BCUT2D eigenvalue weighted by Crippen LogP contribution is 2.28. The van der Waals surface area contributed by atoms with Crippen molar-refractivity contribution in [2.45, 2.75) is 46.1 Å². The zero-order valence-corrected chi connectivity index (χ0v) is 17.1. The van der Waals surface area contributed by atoms with Crippen LogP contribution < -0.4 is 14.8 Å². The van der Waals surface area contributed by atoms with E-state index in [-0.39, 0.29) is 17.7 Å². The largest absolute Gasteiger partial charge is 0.493 e. The molecule has 1 unspecified atom stereocenters. The Hall–Kier alpha value is -2.82. The summed E-state index contributed by atoms with van der Waals surface area (Å²) in [5.74, 6) is 1.07. The molecule has 0 aliphatic carbocycles. The number of hydrogen-bond acceptors (Lipinski definition) is 4. The number of carbonyl (C=O) groups is 2. The Kier molecular flexibility index (Phi) is 8.05. The fraction of sp³-hybridized carbons (Fsp3) is 0.391. The summed E-state index contributed by atoms with van der Waals surface area (Å²) in [6.45, 7) is 6.01. The molecule has 2 aromatic carbocycles. The van der Waals surface area contributed by atoms with Gasteiger partial charge in [0.2, 0.25) is 5.91 Å². The molecule has 0 spiro atoms. The van der Waals surface area contributed by atoms with Gasteiger partial charge in [-0.05, 0) is 50.5 Å². The highest BCUT2D eigenvalue weighted by molar-refractivity contribution is 5.94. The first-order valence-corrected chi connectivity index (χ1v) is 9.62. The summed E-state index contributed by atoms with van der Waals surface area (Å²) >= 11 is 0. The minimum absolute atomic E-state index is 0.00918. The van der Waals surface area contributed by atoms with Gasteiger partial charge in [0, 0.05) is 12.0 Å². The van der Waals surface area contributed by atoms with Crippen LogP contribution in [0, 0.1) is 6.92 Å². The lowest BCUT2D eigenvalue weighted by Crippen LogP contribution is -2.28. The third-order valence-electron chi connectivity index (χ3n) is 4.60. The molecule has 0 aromatic heterocycles. The Morgan fingerprint density at radius 3 is 2.39 bits per heavy atom. The Morgan fingerprint density at radius 2 is 1.79 bits per heavy atom. The number of rotatable bonds is 10. The molecule has 0 aliphatic heterocycles. The summed E-state index contributed by atoms with van der Waals surface area (Å²) in [4.78, 5) is 23.7. The van der Waals surface area contributed by atoms with E-state index in [2.05, 4.69) is 36.5 Å². The number of carbonyl (C=O) groups excluding carboxylic acids is 2. The van der Waals surface area contributed by atoms with Crippen LogP contribution in [0.1, 0.15) is 60.6 Å². The molecule has 28 heavy (non-hydrogen) atoms. The molecule has 2 aromatic rings. The molecule has 1 amide bonds. The van der Waals surface area contributed by atoms with E-state index in [0.717, 1.165) is 12.0 Å². The second kappa shape index (κ2) is 10.5. The van der Waals surface area contributed by atoms with Gasteiger partial charge in [0.25, 0.3) is 0 Å². The average Bonchev–Trinajstić information content (AvgIpc) is 2.70. The lowest BCUT2D eigenvalue weighted by molar-refractivity contribution is -0.122. The monoisotopic (exact) mass is 383 g/mol. The summed E-state index contributed by atoms with van der Waals surface area (Å²) in [6, 6.07) is 13.4. The Balaban J connectivity index is 1.82. The smallest absolute Gasteiger partial charge is 0.220 e. The molecule has 0 aliphatic rings. The number of ether oxygens (including phenoxy) is 2. The van der Waals surface area contributed by atoms with Crippen LogP contribution in [0.2, 0.25) is 0 Å². The molecule has 0 radical (unpaired) electrons. The van der Waals surface area contributed by atoms with E-state index < -0.39 is 0 Å².